The van der Waals surface area contributed by atoms with Crippen molar-refractivity contribution >= 4 is 23.0 Å². The summed E-state index contributed by atoms with van der Waals surface area (Å²) in [5.41, 5.74) is 2.81. The monoisotopic (exact) mass is 325 g/mol. The number of amides is 1. The van der Waals surface area contributed by atoms with Crippen LogP contribution in [0.5, 0.6) is 0 Å². The molecule has 1 aliphatic rings. The standard InChI is InChI=1S/C18H19N3O3/c1-13-12-15(6-9-17(13)21(23)24)19-18(22)14-4-7-16(8-5-14)20-10-2-3-11-20/h4-9,12H,2-3,10-11H2,1H3,(H,19,22). The minimum Gasteiger partial charge on any atom is -0.372 e. The Morgan fingerprint density at radius 3 is 2.38 bits per heavy atom. The maximum Gasteiger partial charge on any atom is 0.272 e. The fourth-order valence-electron chi connectivity index (χ4n) is 2.94. The molecule has 2 aromatic carbocycles. The van der Waals surface area contributed by atoms with E-state index in [0.29, 0.717) is 16.8 Å². The second-order valence-electron chi connectivity index (χ2n) is 5.95. The lowest BCUT2D eigenvalue weighted by Crippen LogP contribution is -2.18. The second-order valence-corrected chi connectivity index (χ2v) is 5.95. The molecule has 0 spiro atoms. The highest BCUT2D eigenvalue weighted by Crippen LogP contribution is 2.23. The van der Waals surface area contributed by atoms with Crippen LogP contribution in [0.2, 0.25) is 0 Å². The average Bonchev–Trinajstić information content (AvgIpc) is 3.09. The van der Waals surface area contributed by atoms with Crippen molar-refractivity contribution in [2.75, 3.05) is 23.3 Å². The first-order valence-electron chi connectivity index (χ1n) is 7.96. The van der Waals surface area contributed by atoms with Crippen molar-refractivity contribution in [2.45, 2.75) is 19.8 Å². The molecule has 0 radical (unpaired) electrons. The van der Waals surface area contributed by atoms with Gasteiger partial charge >= 0.3 is 0 Å². The molecule has 1 saturated heterocycles. The summed E-state index contributed by atoms with van der Waals surface area (Å²) in [6, 6.07) is 12.1. The third-order valence-corrected chi connectivity index (χ3v) is 4.25. The largest absolute Gasteiger partial charge is 0.372 e. The van der Waals surface area contributed by atoms with Crippen LogP contribution in [0.1, 0.15) is 28.8 Å². The Labute approximate surface area is 140 Å². The van der Waals surface area contributed by atoms with Gasteiger partial charge in [0.05, 0.1) is 4.92 Å². The SMILES string of the molecule is Cc1cc(NC(=O)c2ccc(N3CCCC3)cc2)ccc1[N+](=O)[O-]. The van der Waals surface area contributed by atoms with E-state index in [-0.39, 0.29) is 11.6 Å². The number of hydrogen-bond donors (Lipinski definition) is 1. The van der Waals surface area contributed by atoms with Gasteiger partial charge in [0, 0.05) is 41.7 Å². The fourth-order valence-corrected chi connectivity index (χ4v) is 2.94. The van der Waals surface area contributed by atoms with E-state index in [9.17, 15) is 14.9 Å². The number of nitrogens with one attached hydrogen (secondary N) is 1. The van der Waals surface area contributed by atoms with E-state index in [4.69, 9.17) is 0 Å². The van der Waals surface area contributed by atoms with Gasteiger partial charge in [0.25, 0.3) is 11.6 Å². The number of nitrogens with zero attached hydrogens (tertiary/aromatic N) is 2. The van der Waals surface area contributed by atoms with E-state index in [1.807, 2.05) is 12.1 Å². The van der Waals surface area contributed by atoms with Crippen molar-refractivity contribution in [3.8, 4) is 0 Å². The molecule has 6 nitrogen and oxygen atoms in total. The van der Waals surface area contributed by atoms with Gasteiger partial charge in [0.15, 0.2) is 0 Å². The molecule has 24 heavy (non-hydrogen) atoms. The number of aryl methyl sites for hydroxylation is 1. The van der Waals surface area contributed by atoms with Crippen molar-refractivity contribution in [3.63, 3.8) is 0 Å². The predicted molar refractivity (Wildman–Crippen MR) is 93.7 cm³/mol. The van der Waals surface area contributed by atoms with Gasteiger partial charge in [-0.05, 0) is 56.2 Å². The van der Waals surface area contributed by atoms with Gasteiger partial charge in [-0.3, -0.25) is 14.9 Å². The lowest BCUT2D eigenvalue weighted by atomic mass is 10.1. The minimum atomic E-state index is -0.433. The zero-order valence-corrected chi connectivity index (χ0v) is 13.5. The lowest BCUT2D eigenvalue weighted by Gasteiger charge is -2.17. The molecule has 1 amide bonds. The van der Waals surface area contributed by atoms with Gasteiger partial charge < -0.3 is 10.2 Å². The molecule has 0 aliphatic carbocycles. The highest BCUT2D eigenvalue weighted by atomic mass is 16.6. The molecule has 0 bridgehead atoms. The first-order valence-corrected chi connectivity index (χ1v) is 7.96. The molecular formula is C18H19N3O3. The molecule has 1 fully saturated rings. The van der Waals surface area contributed by atoms with Gasteiger partial charge in [-0.25, -0.2) is 0 Å². The van der Waals surface area contributed by atoms with Gasteiger partial charge in [-0.1, -0.05) is 0 Å². The molecule has 3 rings (SSSR count). The third kappa shape index (κ3) is 3.37. The Balaban J connectivity index is 1.70. The van der Waals surface area contributed by atoms with Crippen molar-refractivity contribution < 1.29 is 9.72 Å². The van der Waals surface area contributed by atoms with E-state index < -0.39 is 4.92 Å². The van der Waals surface area contributed by atoms with Crippen LogP contribution in [0.15, 0.2) is 42.5 Å². The number of hydrogen-bond acceptors (Lipinski definition) is 4. The van der Waals surface area contributed by atoms with Crippen LogP contribution in [0, 0.1) is 17.0 Å². The number of rotatable bonds is 4. The summed E-state index contributed by atoms with van der Waals surface area (Å²) < 4.78 is 0. The minimum absolute atomic E-state index is 0.0444. The molecule has 1 aliphatic heterocycles. The zero-order valence-electron chi connectivity index (χ0n) is 13.5. The molecule has 1 N–H and O–H groups in total. The normalized spacial score (nSPS) is 13.8. The molecule has 0 unspecified atom stereocenters. The first kappa shape index (κ1) is 16.0. The quantitative estimate of drug-likeness (QED) is 0.686. The molecule has 0 aromatic heterocycles. The Morgan fingerprint density at radius 2 is 1.79 bits per heavy atom. The van der Waals surface area contributed by atoms with E-state index in [0.717, 1.165) is 18.8 Å². The van der Waals surface area contributed by atoms with E-state index in [1.165, 1.54) is 18.9 Å². The molecule has 1 heterocycles. The van der Waals surface area contributed by atoms with Crippen molar-refractivity contribution in [1.29, 1.82) is 0 Å². The highest BCUT2D eigenvalue weighted by molar-refractivity contribution is 6.04. The first-order chi connectivity index (χ1) is 11.5. The molecule has 124 valence electrons. The van der Waals surface area contributed by atoms with E-state index in [2.05, 4.69) is 10.2 Å². The summed E-state index contributed by atoms with van der Waals surface area (Å²) in [7, 11) is 0. The van der Waals surface area contributed by atoms with Gasteiger partial charge in [0.2, 0.25) is 0 Å². The number of carbonyl (C=O) groups is 1. The third-order valence-electron chi connectivity index (χ3n) is 4.25. The van der Waals surface area contributed by atoms with Crippen LogP contribution in [0.4, 0.5) is 17.1 Å². The Kier molecular flexibility index (Phi) is 4.46. The molecule has 2 aromatic rings. The van der Waals surface area contributed by atoms with Crippen molar-refractivity contribution in [1.82, 2.24) is 0 Å². The lowest BCUT2D eigenvalue weighted by molar-refractivity contribution is -0.385. The summed E-state index contributed by atoms with van der Waals surface area (Å²) in [6.45, 7) is 3.78. The van der Waals surface area contributed by atoms with Crippen molar-refractivity contribution in [3.05, 3.63) is 63.7 Å². The number of anilines is 2. The zero-order chi connectivity index (χ0) is 17.1. The summed E-state index contributed by atoms with van der Waals surface area (Å²) in [5.74, 6) is -0.226. The average molecular weight is 325 g/mol. The maximum atomic E-state index is 12.3. The van der Waals surface area contributed by atoms with Crippen LogP contribution in [0.3, 0.4) is 0 Å². The summed E-state index contributed by atoms with van der Waals surface area (Å²) in [4.78, 5) is 25.0. The second kappa shape index (κ2) is 6.70. The number of carbonyl (C=O) groups excluding carboxylic acids is 1. The fraction of sp³-hybridized carbons (Fsp3) is 0.278. The highest BCUT2D eigenvalue weighted by Gasteiger charge is 2.14. The number of nitro groups is 1. The Hall–Kier alpha value is -2.89. The van der Waals surface area contributed by atoms with Crippen LogP contribution in [0.25, 0.3) is 0 Å². The van der Waals surface area contributed by atoms with E-state index >= 15 is 0 Å². The number of benzene rings is 2. The molecule has 0 atom stereocenters. The van der Waals surface area contributed by atoms with Gasteiger partial charge in [-0.15, -0.1) is 0 Å². The van der Waals surface area contributed by atoms with Crippen LogP contribution < -0.4 is 10.2 Å². The van der Waals surface area contributed by atoms with Crippen LogP contribution in [-0.2, 0) is 0 Å². The Morgan fingerprint density at radius 1 is 1.12 bits per heavy atom. The molecular weight excluding hydrogens is 306 g/mol. The van der Waals surface area contributed by atoms with Gasteiger partial charge in [-0.2, -0.15) is 0 Å². The van der Waals surface area contributed by atoms with Crippen LogP contribution >= 0.6 is 0 Å². The smallest absolute Gasteiger partial charge is 0.272 e. The van der Waals surface area contributed by atoms with Gasteiger partial charge in [0.1, 0.15) is 0 Å². The van der Waals surface area contributed by atoms with E-state index in [1.54, 1.807) is 31.2 Å². The van der Waals surface area contributed by atoms with Crippen LogP contribution in [-0.4, -0.2) is 23.9 Å². The maximum absolute atomic E-state index is 12.3. The summed E-state index contributed by atoms with van der Waals surface area (Å²) in [6.07, 6.45) is 2.42. The molecule has 6 heteroatoms. The predicted octanol–water partition coefficient (Wildman–Crippen LogP) is 3.76. The topological polar surface area (TPSA) is 75.5 Å². The summed E-state index contributed by atoms with van der Waals surface area (Å²) in [5, 5.41) is 13.6. The Bertz CT molecular complexity index is 766. The van der Waals surface area contributed by atoms with Crippen molar-refractivity contribution in [2.24, 2.45) is 0 Å². The summed E-state index contributed by atoms with van der Waals surface area (Å²) >= 11 is 0. The molecule has 0 saturated carbocycles. The number of nitro benzene ring substituents is 1.